The molecular formula is C29H31Cl4N3O4S. The van der Waals surface area contributed by atoms with Crippen molar-refractivity contribution in [1.82, 2.24) is 10.2 Å². The van der Waals surface area contributed by atoms with E-state index in [0.717, 1.165) is 16.1 Å². The average Bonchev–Trinajstić information content (AvgIpc) is 2.89. The van der Waals surface area contributed by atoms with Gasteiger partial charge in [0, 0.05) is 40.1 Å². The number of anilines is 1. The van der Waals surface area contributed by atoms with Gasteiger partial charge in [-0.25, -0.2) is 8.42 Å². The fourth-order valence-corrected chi connectivity index (χ4v) is 6.05. The SMILES string of the molecule is CC(C)CNC(=O)[C@H](Cc1ccccc1)N(Cc1c(Cl)cccc1Cl)C(=O)CN(c1ccc(Cl)cc1Cl)S(C)(=O)=O. The van der Waals surface area contributed by atoms with Crippen molar-refractivity contribution in [3.05, 3.63) is 97.9 Å². The van der Waals surface area contributed by atoms with E-state index in [-0.39, 0.29) is 29.6 Å². The molecule has 0 radical (unpaired) electrons. The maximum atomic E-state index is 14.1. The molecule has 0 bridgehead atoms. The number of nitrogens with one attached hydrogen (secondary N) is 1. The van der Waals surface area contributed by atoms with Gasteiger partial charge in [-0.05, 0) is 41.8 Å². The van der Waals surface area contributed by atoms with Crippen LogP contribution in [-0.4, -0.2) is 50.5 Å². The first-order valence-electron chi connectivity index (χ1n) is 12.7. The maximum absolute atomic E-state index is 14.1. The van der Waals surface area contributed by atoms with Gasteiger partial charge in [0.2, 0.25) is 21.8 Å². The second kappa shape index (κ2) is 14.6. The van der Waals surface area contributed by atoms with E-state index in [1.54, 1.807) is 18.2 Å². The molecule has 2 amide bonds. The van der Waals surface area contributed by atoms with Crippen LogP contribution in [-0.2, 0) is 32.6 Å². The Bertz CT molecular complexity index is 1470. The molecule has 7 nitrogen and oxygen atoms in total. The molecule has 0 spiro atoms. The van der Waals surface area contributed by atoms with Crippen LogP contribution in [0.5, 0.6) is 0 Å². The molecule has 41 heavy (non-hydrogen) atoms. The number of sulfonamides is 1. The van der Waals surface area contributed by atoms with E-state index in [1.807, 2.05) is 44.2 Å². The van der Waals surface area contributed by atoms with Crippen molar-refractivity contribution in [2.45, 2.75) is 32.9 Å². The van der Waals surface area contributed by atoms with Gasteiger partial charge in [0.05, 0.1) is 17.0 Å². The highest BCUT2D eigenvalue weighted by molar-refractivity contribution is 7.92. The quantitative estimate of drug-likeness (QED) is 0.241. The first kappa shape index (κ1) is 33.0. The minimum absolute atomic E-state index is 0.0481. The molecule has 0 heterocycles. The van der Waals surface area contributed by atoms with Crippen molar-refractivity contribution in [3.63, 3.8) is 0 Å². The zero-order valence-corrected chi connectivity index (χ0v) is 26.6. The molecule has 0 saturated carbocycles. The van der Waals surface area contributed by atoms with Crippen molar-refractivity contribution < 1.29 is 18.0 Å². The average molecular weight is 659 g/mol. The summed E-state index contributed by atoms with van der Waals surface area (Å²) in [6.07, 6.45) is 1.14. The summed E-state index contributed by atoms with van der Waals surface area (Å²) in [7, 11) is -3.99. The third-order valence-corrected chi connectivity index (χ3v) is 8.58. The van der Waals surface area contributed by atoms with E-state index in [9.17, 15) is 18.0 Å². The zero-order valence-electron chi connectivity index (χ0n) is 22.8. The van der Waals surface area contributed by atoms with Crippen LogP contribution in [0.1, 0.15) is 25.0 Å². The third-order valence-electron chi connectivity index (χ3n) is 6.20. The summed E-state index contributed by atoms with van der Waals surface area (Å²) in [5, 5.41) is 3.87. The Morgan fingerprint density at radius 1 is 0.878 bits per heavy atom. The molecule has 1 atom stereocenters. The minimum atomic E-state index is -3.99. The lowest BCUT2D eigenvalue weighted by Gasteiger charge is -2.34. The molecule has 0 aliphatic heterocycles. The number of halogens is 4. The molecule has 0 aliphatic carbocycles. The predicted octanol–water partition coefficient (Wildman–Crippen LogP) is 6.48. The van der Waals surface area contributed by atoms with Gasteiger partial charge in [-0.3, -0.25) is 13.9 Å². The van der Waals surface area contributed by atoms with Gasteiger partial charge in [-0.15, -0.1) is 0 Å². The third kappa shape index (κ3) is 9.25. The standard InChI is InChI=1S/C29H31Cl4N3O4S/c1-19(2)16-34-29(38)27(14-20-8-5-4-6-9-20)35(17-22-23(31)10-7-11-24(22)32)28(37)18-36(41(3,39)40)26-13-12-21(30)15-25(26)33/h4-13,15,19,27H,14,16-18H2,1-3H3,(H,34,38)/t27-/m0/s1. The summed E-state index contributed by atoms with van der Waals surface area (Å²) in [4.78, 5) is 29.1. The van der Waals surface area contributed by atoms with E-state index in [2.05, 4.69) is 5.32 Å². The Labute approximate surface area is 261 Å². The highest BCUT2D eigenvalue weighted by Crippen LogP contribution is 2.31. The Balaban J connectivity index is 2.11. The number of carbonyl (C=O) groups excluding carboxylic acids is 2. The lowest BCUT2D eigenvalue weighted by atomic mass is 10.0. The number of amides is 2. The number of hydrogen-bond donors (Lipinski definition) is 1. The molecule has 3 aromatic rings. The molecule has 0 unspecified atom stereocenters. The molecule has 3 rings (SSSR count). The monoisotopic (exact) mass is 657 g/mol. The highest BCUT2D eigenvalue weighted by atomic mass is 35.5. The number of nitrogens with zero attached hydrogens (tertiary/aromatic N) is 2. The second-order valence-electron chi connectivity index (χ2n) is 9.93. The van der Waals surface area contributed by atoms with Gasteiger partial charge >= 0.3 is 0 Å². The van der Waals surface area contributed by atoms with Crippen molar-refractivity contribution in [3.8, 4) is 0 Å². The molecule has 1 N–H and O–H groups in total. The Morgan fingerprint density at radius 3 is 2.07 bits per heavy atom. The molecule has 12 heteroatoms. The first-order valence-corrected chi connectivity index (χ1v) is 16.1. The topological polar surface area (TPSA) is 86.8 Å². The summed E-state index contributed by atoms with van der Waals surface area (Å²) in [5.41, 5.74) is 1.31. The van der Waals surface area contributed by atoms with Crippen LogP contribution in [0.2, 0.25) is 20.1 Å². The molecule has 0 aromatic heterocycles. The van der Waals surface area contributed by atoms with Crippen molar-refractivity contribution in [2.24, 2.45) is 5.92 Å². The largest absolute Gasteiger partial charge is 0.354 e. The molecule has 0 fully saturated rings. The van der Waals surface area contributed by atoms with Gasteiger partial charge in [0.15, 0.2) is 0 Å². The summed E-state index contributed by atoms with van der Waals surface area (Å²) in [5.74, 6) is -0.890. The molecular weight excluding hydrogens is 628 g/mol. The summed E-state index contributed by atoms with van der Waals surface area (Å²) in [6, 6.07) is 17.4. The van der Waals surface area contributed by atoms with Crippen molar-refractivity contribution in [1.29, 1.82) is 0 Å². The van der Waals surface area contributed by atoms with Crippen molar-refractivity contribution >= 4 is 73.9 Å². The molecule has 220 valence electrons. The Morgan fingerprint density at radius 2 is 1.51 bits per heavy atom. The van der Waals surface area contributed by atoms with Crippen molar-refractivity contribution in [2.75, 3.05) is 23.7 Å². The lowest BCUT2D eigenvalue weighted by molar-refractivity contribution is -0.140. The van der Waals surface area contributed by atoms with Crippen LogP contribution in [0.4, 0.5) is 5.69 Å². The highest BCUT2D eigenvalue weighted by Gasteiger charge is 2.34. The maximum Gasteiger partial charge on any atom is 0.244 e. The van der Waals surface area contributed by atoms with Crippen LogP contribution in [0.25, 0.3) is 0 Å². The van der Waals surface area contributed by atoms with Gasteiger partial charge in [0.25, 0.3) is 0 Å². The minimum Gasteiger partial charge on any atom is -0.354 e. The predicted molar refractivity (Wildman–Crippen MR) is 167 cm³/mol. The number of carbonyl (C=O) groups is 2. The zero-order chi connectivity index (χ0) is 30.3. The summed E-state index contributed by atoms with van der Waals surface area (Å²) < 4.78 is 26.7. The molecule has 0 saturated heterocycles. The van der Waals surface area contributed by atoms with Crippen LogP contribution < -0.4 is 9.62 Å². The number of rotatable bonds is 12. The molecule has 0 aliphatic rings. The Hall–Kier alpha value is -2.49. The van der Waals surface area contributed by atoms with E-state index >= 15 is 0 Å². The fourth-order valence-electron chi connectivity index (χ4n) is 4.11. The van der Waals surface area contributed by atoms with Gasteiger partial charge < -0.3 is 10.2 Å². The van der Waals surface area contributed by atoms with E-state index < -0.39 is 34.4 Å². The van der Waals surface area contributed by atoms with E-state index in [1.165, 1.54) is 23.1 Å². The number of hydrogen-bond acceptors (Lipinski definition) is 4. The lowest BCUT2D eigenvalue weighted by Crippen LogP contribution is -2.53. The normalized spacial score (nSPS) is 12.2. The van der Waals surface area contributed by atoms with Crippen LogP contribution in [0.3, 0.4) is 0 Å². The van der Waals surface area contributed by atoms with Gasteiger partial charge in [0.1, 0.15) is 12.6 Å². The van der Waals surface area contributed by atoms with Crippen LogP contribution in [0.15, 0.2) is 66.7 Å². The Kier molecular flexibility index (Phi) is 11.8. The smallest absolute Gasteiger partial charge is 0.244 e. The summed E-state index contributed by atoms with van der Waals surface area (Å²) >= 11 is 25.3. The van der Waals surface area contributed by atoms with Gasteiger partial charge in [-0.2, -0.15) is 0 Å². The number of benzene rings is 3. The van der Waals surface area contributed by atoms with E-state index in [4.69, 9.17) is 46.4 Å². The van der Waals surface area contributed by atoms with Gasteiger partial charge in [-0.1, -0.05) is 96.6 Å². The van der Waals surface area contributed by atoms with Crippen LogP contribution >= 0.6 is 46.4 Å². The van der Waals surface area contributed by atoms with Crippen LogP contribution in [0, 0.1) is 5.92 Å². The second-order valence-corrected chi connectivity index (χ2v) is 13.5. The molecule has 3 aromatic carbocycles. The fraction of sp³-hybridized carbons (Fsp3) is 0.310. The summed E-state index contributed by atoms with van der Waals surface area (Å²) in [6.45, 7) is 3.52. The first-order chi connectivity index (χ1) is 19.3. The van der Waals surface area contributed by atoms with E-state index in [0.29, 0.717) is 27.2 Å².